The molecule has 2 saturated carbocycles. The van der Waals surface area contributed by atoms with Crippen LogP contribution in [0, 0.1) is 31.6 Å². The fourth-order valence-corrected chi connectivity index (χ4v) is 4.94. The smallest absolute Gasteiger partial charge is 0.313 e. The highest BCUT2D eigenvalue weighted by Crippen LogP contribution is 2.72. The van der Waals surface area contributed by atoms with Gasteiger partial charge in [0.15, 0.2) is 0 Å². The molecule has 0 N–H and O–H groups in total. The first-order valence-corrected chi connectivity index (χ1v) is 9.13. The molecule has 1 aromatic rings. The van der Waals surface area contributed by atoms with Crippen molar-refractivity contribution in [2.45, 2.75) is 66.2 Å². The van der Waals surface area contributed by atoms with Crippen molar-refractivity contribution in [1.82, 2.24) is 0 Å². The molecular weight excluding hydrogens is 300 g/mol. The van der Waals surface area contributed by atoms with Crippen molar-refractivity contribution in [3.63, 3.8) is 0 Å². The van der Waals surface area contributed by atoms with Crippen LogP contribution < -0.4 is 0 Å². The van der Waals surface area contributed by atoms with Gasteiger partial charge in [-0.15, -0.1) is 0 Å². The molecule has 0 radical (unpaired) electrons. The van der Waals surface area contributed by atoms with Crippen LogP contribution in [0.1, 0.15) is 61.3 Å². The highest BCUT2D eigenvalue weighted by Gasteiger charge is 2.75. The monoisotopic (exact) mass is 328 g/mol. The summed E-state index contributed by atoms with van der Waals surface area (Å²) < 4.78 is 5.32. The van der Waals surface area contributed by atoms with E-state index in [4.69, 9.17) is 4.74 Å². The van der Waals surface area contributed by atoms with E-state index in [1.165, 1.54) is 16.7 Å². The third kappa shape index (κ3) is 2.49. The number of ketones is 1. The number of carbonyl (C=O) groups is 2. The van der Waals surface area contributed by atoms with Gasteiger partial charge in [0.1, 0.15) is 5.78 Å². The van der Waals surface area contributed by atoms with Gasteiger partial charge in [0.2, 0.25) is 0 Å². The Morgan fingerprint density at radius 3 is 2.21 bits per heavy atom. The van der Waals surface area contributed by atoms with Crippen molar-refractivity contribution in [2.24, 2.45) is 10.8 Å². The minimum Gasteiger partial charge on any atom is -0.466 e. The van der Waals surface area contributed by atoms with Crippen LogP contribution in [0.15, 0.2) is 12.1 Å². The highest BCUT2D eigenvalue weighted by atomic mass is 16.5. The molecule has 1 aromatic carbocycles. The van der Waals surface area contributed by atoms with E-state index in [2.05, 4.69) is 32.9 Å². The van der Waals surface area contributed by atoms with Gasteiger partial charge >= 0.3 is 5.97 Å². The van der Waals surface area contributed by atoms with Gasteiger partial charge in [0.25, 0.3) is 0 Å². The first kappa shape index (κ1) is 17.2. The van der Waals surface area contributed by atoms with Crippen LogP contribution >= 0.6 is 0 Å². The minimum atomic E-state index is -0.523. The summed E-state index contributed by atoms with van der Waals surface area (Å²) in [5.74, 6) is 0.0979. The summed E-state index contributed by atoms with van der Waals surface area (Å²) in [5, 5.41) is 0. The summed E-state index contributed by atoms with van der Waals surface area (Å²) in [6, 6.07) is 4.28. The third-order valence-electron chi connectivity index (χ3n) is 6.23. The Balaban J connectivity index is 1.86. The molecule has 3 nitrogen and oxygen atoms in total. The van der Waals surface area contributed by atoms with E-state index in [0.717, 1.165) is 31.2 Å². The van der Waals surface area contributed by atoms with Crippen molar-refractivity contribution in [1.29, 1.82) is 0 Å². The Labute approximate surface area is 144 Å². The van der Waals surface area contributed by atoms with Gasteiger partial charge < -0.3 is 4.74 Å². The Morgan fingerprint density at radius 1 is 1.04 bits per heavy atom. The van der Waals surface area contributed by atoms with E-state index < -0.39 is 10.8 Å². The largest absolute Gasteiger partial charge is 0.466 e. The summed E-state index contributed by atoms with van der Waals surface area (Å²) >= 11 is 0. The van der Waals surface area contributed by atoms with Crippen molar-refractivity contribution >= 4 is 11.8 Å². The number of ether oxygens (including phenoxy) is 1. The van der Waals surface area contributed by atoms with Gasteiger partial charge in [-0.25, -0.2) is 0 Å². The molecular formula is C21H28O3. The lowest BCUT2D eigenvalue weighted by atomic mass is 9.75. The number of Topliss-reactive ketones (excluding diaryl/α,β-unsaturated/α-hetero) is 1. The Bertz CT molecular complexity index is 667. The van der Waals surface area contributed by atoms with Crippen LogP contribution in [-0.4, -0.2) is 18.4 Å². The Kier molecular flexibility index (Phi) is 4.31. The van der Waals surface area contributed by atoms with E-state index in [0.29, 0.717) is 19.4 Å². The maximum absolute atomic E-state index is 13.2. The lowest BCUT2D eigenvalue weighted by Crippen LogP contribution is -2.35. The topological polar surface area (TPSA) is 43.4 Å². The molecule has 3 heteroatoms. The molecule has 0 saturated heterocycles. The maximum atomic E-state index is 13.2. The average molecular weight is 328 g/mol. The molecule has 0 aliphatic heterocycles. The molecule has 0 heterocycles. The number of fused-ring (bicyclic) bond motifs is 1. The third-order valence-corrected chi connectivity index (χ3v) is 6.23. The predicted molar refractivity (Wildman–Crippen MR) is 93.9 cm³/mol. The second kappa shape index (κ2) is 6.02. The number of hydrogen-bond acceptors (Lipinski definition) is 3. The number of rotatable bonds is 5. The molecule has 24 heavy (non-hydrogen) atoms. The van der Waals surface area contributed by atoms with Crippen LogP contribution in [0.25, 0.3) is 0 Å². The zero-order valence-corrected chi connectivity index (χ0v) is 15.3. The van der Waals surface area contributed by atoms with Crippen LogP contribution in [0.4, 0.5) is 0 Å². The lowest BCUT2D eigenvalue weighted by Gasteiger charge is -2.28. The SMILES string of the molecule is CCOC(=O)C12CCCCC1(C(=O)Cc1c(C)cc(C)cc1C)C2. The Hall–Kier alpha value is -1.64. The van der Waals surface area contributed by atoms with Crippen LogP contribution in [-0.2, 0) is 20.7 Å². The van der Waals surface area contributed by atoms with E-state index in [9.17, 15) is 9.59 Å². The van der Waals surface area contributed by atoms with Gasteiger partial charge in [-0.3, -0.25) is 9.59 Å². The molecule has 2 fully saturated rings. The first-order valence-electron chi connectivity index (χ1n) is 9.13. The molecule has 2 atom stereocenters. The molecule has 2 aliphatic carbocycles. The fourth-order valence-electron chi connectivity index (χ4n) is 4.94. The fraction of sp³-hybridized carbons (Fsp3) is 0.619. The van der Waals surface area contributed by atoms with Gasteiger partial charge in [-0.1, -0.05) is 30.5 Å². The molecule has 3 rings (SSSR count). The number of esters is 1. The van der Waals surface area contributed by atoms with E-state index in [-0.39, 0.29) is 11.8 Å². The van der Waals surface area contributed by atoms with Crippen LogP contribution in [0.3, 0.4) is 0 Å². The van der Waals surface area contributed by atoms with Crippen LogP contribution in [0.5, 0.6) is 0 Å². The van der Waals surface area contributed by atoms with Crippen molar-refractivity contribution < 1.29 is 14.3 Å². The summed E-state index contributed by atoms with van der Waals surface area (Å²) in [6.07, 6.45) is 4.86. The number of carbonyl (C=O) groups excluding carboxylic acids is 2. The summed E-state index contributed by atoms with van der Waals surface area (Å²) in [6.45, 7) is 8.46. The average Bonchev–Trinajstić information content (AvgIpc) is 3.23. The standard InChI is InChI=1S/C21H28O3/c1-5-24-19(23)21-9-7-6-8-20(21,13-21)18(22)12-17-15(3)10-14(2)11-16(17)4/h10-11H,5-9,12-13H2,1-4H3. The minimum absolute atomic E-state index is 0.143. The van der Waals surface area contributed by atoms with Crippen molar-refractivity contribution in [3.05, 3.63) is 34.4 Å². The van der Waals surface area contributed by atoms with Crippen LogP contribution in [0.2, 0.25) is 0 Å². The first-order chi connectivity index (χ1) is 11.4. The second-order valence-corrected chi connectivity index (χ2v) is 7.75. The van der Waals surface area contributed by atoms with Crippen molar-refractivity contribution in [2.75, 3.05) is 6.61 Å². The molecule has 0 amide bonds. The summed E-state index contributed by atoms with van der Waals surface area (Å²) in [4.78, 5) is 25.8. The van der Waals surface area contributed by atoms with Gasteiger partial charge in [0, 0.05) is 11.8 Å². The molecule has 0 bridgehead atoms. The summed E-state index contributed by atoms with van der Waals surface area (Å²) in [5.41, 5.74) is 3.73. The number of benzene rings is 1. The van der Waals surface area contributed by atoms with Crippen molar-refractivity contribution in [3.8, 4) is 0 Å². The van der Waals surface area contributed by atoms with E-state index in [1.54, 1.807) is 0 Å². The zero-order valence-electron chi connectivity index (χ0n) is 15.3. The highest BCUT2D eigenvalue weighted by molar-refractivity contribution is 5.99. The van der Waals surface area contributed by atoms with Gasteiger partial charge in [-0.2, -0.15) is 0 Å². The lowest BCUT2D eigenvalue weighted by molar-refractivity contribution is -0.154. The van der Waals surface area contributed by atoms with Gasteiger partial charge in [-0.05, 0) is 63.6 Å². The normalized spacial score (nSPS) is 28.2. The molecule has 2 unspecified atom stereocenters. The maximum Gasteiger partial charge on any atom is 0.313 e. The molecule has 0 aromatic heterocycles. The predicted octanol–water partition coefficient (Wildman–Crippen LogP) is 4.24. The number of hydrogen-bond donors (Lipinski definition) is 0. The Morgan fingerprint density at radius 2 is 1.62 bits per heavy atom. The van der Waals surface area contributed by atoms with E-state index >= 15 is 0 Å². The second-order valence-electron chi connectivity index (χ2n) is 7.75. The molecule has 130 valence electrons. The molecule has 0 spiro atoms. The zero-order chi connectivity index (χ0) is 17.5. The van der Waals surface area contributed by atoms with E-state index in [1.807, 2.05) is 6.92 Å². The summed E-state index contributed by atoms with van der Waals surface area (Å²) in [7, 11) is 0. The quantitative estimate of drug-likeness (QED) is 0.759. The molecule has 2 aliphatic rings. The number of aryl methyl sites for hydroxylation is 3. The van der Waals surface area contributed by atoms with Gasteiger partial charge in [0.05, 0.1) is 12.0 Å².